The summed E-state index contributed by atoms with van der Waals surface area (Å²) in [5, 5.41) is 6.32. The van der Waals surface area contributed by atoms with Crippen molar-refractivity contribution < 1.29 is 9.59 Å². The van der Waals surface area contributed by atoms with Crippen LogP contribution in [0.25, 0.3) is 0 Å². The van der Waals surface area contributed by atoms with Crippen molar-refractivity contribution in [3.05, 3.63) is 45.8 Å². The minimum Gasteiger partial charge on any atom is -0.347 e. The summed E-state index contributed by atoms with van der Waals surface area (Å²) in [5.41, 5.74) is 6.76. The largest absolute Gasteiger partial charge is 0.347 e. The summed E-state index contributed by atoms with van der Waals surface area (Å²) in [7, 11) is 0. The number of aromatic nitrogens is 2. The van der Waals surface area contributed by atoms with E-state index >= 15 is 0 Å². The van der Waals surface area contributed by atoms with E-state index in [0.717, 1.165) is 44.5 Å². The van der Waals surface area contributed by atoms with Crippen LogP contribution in [-0.2, 0) is 16.0 Å². The van der Waals surface area contributed by atoms with E-state index in [1.165, 1.54) is 11.8 Å². The van der Waals surface area contributed by atoms with Gasteiger partial charge in [0.15, 0.2) is 5.16 Å². The Kier molecular flexibility index (Phi) is 7.57. The van der Waals surface area contributed by atoms with Gasteiger partial charge in [-0.1, -0.05) is 29.5 Å². The van der Waals surface area contributed by atoms with Gasteiger partial charge in [-0.3, -0.25) is 9.59 Å². The number of nitrogens with zero attached hydrogens (tertiary/aromatic N) is 2. The number of nitrogens with one attached hydrogen (secondary N) is 2. The first-order valence-corrected chi connectivity index (χ1v) is 10.5. The van der Waals surface area contributed by atoms with E-state index in [4.69, 9.17) is 0 Å². The molecule has 0 aliphatic rings. The molecule has 6 nitrogen and oxygen atoms in total. The van der Waals surface area contributed by atoms with Crippen LogP contribution in [0.3, 0.4) is 0 Å². The number of rotatable bonds is 7. The highest BCUT2D eigenvalue weighted by molar-refractivity contribution is 7.98. The first kappa shape index (κ1) is 21.9. The monoisotopic (exact) mass is 400 g/mol. The molecule has 0 radical (unpaired) electrons. The molecule has 0 atom stereocenters. The fourth-order valence-electron chi connectivity index (χ4n) is 3.23. The van der Waals surface area contributed by atoms with Gasteiger partial charge >= 0.3 is 0 Å². The Morgan fingerprint density at radius 3 is 2.07 bits per heavy atom. The molecule has 2 N–H and O–H groups in total. The second-order valence-electron chi connectivity index (χ2n) is 6.96. The highest BCUT2D eigenvalue weighted by atomic mass is 32.2. The lowest BCUT2D eigenvalue weighted by Crippen LogP contribution is -2.33. The lowest BCUT2D eigenvalue weighted by atomic mass is 10.1. The summed E-state index contributed by atoms with van der Waals surface area (Å²) >= 11 is 1.50. The standard InChI is InChI=1S/C21H28N4O2S/c1-12-9-13(2)20(14(3)10-12)25-19(27)11-22-18(26)8-7-17-15(4)23-21(28-6)24-16(17)5/h9-10H,7-8,11H2,1-6H3,(H,22,26)(H,25,27). The number of thioether (sulfide) groups is 1. The molecule has 1 heterocycles. The molecule has 0 aliphatic heterocycles. The number of hydrogen-bond donors (Lipinski definition) is 2. The molecule has 2 aromatic rings. The molecular weight excluding hydrogens is 372 g/mol. The highest BCUT2D eigenvalue weighted by Crippen LogP contribution is 2.21. The van der Waals surface area contributed by atoms with Gasteiger partial charge in [0, 0.05) is 23.5 Å². The van der Waals surface area contributed by atoms with Gasteiger partial charge < -0.3 is 10.6 Å². The summed E-state index contributed by atoms with van der Waals surface area (Å²) in [6, 6.07) is 4.05. The maximum atomic E-state index is 12.2. The van der Waals surface area contributed by atoms with E-state index in [-0.39, 0.29) is 18.4 Å². The fraction of sp³-hybridized carbons (Fsp3) is 0.429. The lowest BCUT2D eigenvalue weighted by Gasteiger charge is -2.13. The smallest absolute Gasteiger partial charge is 0.243 e. The molecule has 150 valence electrons. The van der Waals surface area contributed by atoms with E-state index in [2.05, 4.69) is 20.6 Å². The van der Waals surface area contributed by atoms with Crippen LogP contribution in [0.1, 0.15) is 40.1 Å². The third kappa shape index (κ3) is 5.79. The van der Waals surface area contributed by atoms with Crippen molar-refractivity contribution in [1.29, 1.82) is 0 Å². The van der Waals surface area contributed by atoms with Gasteiger partial charge in [-0.05, 0) is 64.0 Å². The molecule has 2 rings (SSSR count). The normalized spacial score (nSPS) is 10.6. The summed E-state index contributed by atoms with van der Waals surface area (Å²) in [6.07, 6.45) is 2.78. The summed E-state index contributed by atoms with van der Waals surface area (Å²) in [6.45, 7) is 9.76. The van der Waals surface area contributed by atoms with Gasteiger partial charge in [-0.25, -0.2) is 9.97 Å². The molecule has 0 saturated carbocycles. The Bertz CT molecular complexity index is 850. The number of aryl methyl sites for hydroxylation is 5. The topological polar surface area (TPSA) is 84.0 Å². The maximum absolute atomic E-state index is 12.2. The number of amides is 2. The zero-order chi connectivity index (χ0) is 20.8. The molecule has 0 unspecified atom stereocenters. The van der Waals surface area contributed by atoms with E-state index < -0.39 is 0 Å². The molecular formula is C21H28N4O2S. The molecule has 28 heavy (non-hydrogen) atoms. The van der Waals surface area contributed by atoms with Crippen molar-refractivity contribution >= 4 is 29.3 Å². The average molecular weight is 401 g/mol. The van der Waals surface area contributed by atoms with Crippen molar-refractivity contribution in [2.75, 3.05) is 18.1 Å². The van der Waals surface area contributed by atoms with Gasteiger partial charge in [-0.2, -0.15) is 0 Å². The van der Waals surface area contributed by atoms with Gasteiger partial charge in [0.05, 0.1) is 6.54 Å². The second kappa shape index (κ2) is 9.68. The Hall–Kier alpha value is -2.41. The Balaban J connectivity index is 1.87. The van der Waals surface area contributed by atoms with Crippen molar-refractivity contribution in [1.82, 2.24) is 15.3 Å². The number of carbonyl (C=O) groups excluding carboxylic acids is 2. The minimum absolute atomic E-state index is 0.0501. The molecule has 0 saturated heterocycles. The molecule has 2 amide bonds. The molecule has 1 aromatic carbocycles. The number of carbonyl (C=O) groups is 2. The summed E-state index contributed by atoms with van der Waals surface area (Å²) in [4.78, 5) is 33.2. The van der Waals surface area contributed by atoms with Crippen molar-refractivity contribution in [3.8, 4) is 0 Å². The third-order valence-corrected chi connectivity index (χ3v) is 5.12. The maximum Gasteiger partial charge on any atom is 0.243 e. The van der Waals surface area contributed by atoms with E-state index in [1.807, 2.05) is 53.0 Å². The summed E-state index contributed by atoms with van der Waals surface area (Å²) < 4.78 is 0. The van der Waals surface area contributed by atoms with Crippen molar-refractivity contribution in [2.45, 2.75) is 52.6 Å². The van der Waals surface area contributed by atoms with Gasteiger partial charge in [0.25, 0.3) is 0 Å². The fourth-order valence-corrected chi connectivity index (χ4v) is 3.68. The van der Waals surface area contributed by atoms with Crippen molar-refractivity contribution in [3.63, 3.8) is 0 Å². The van der Waals surface area contributed by atoms with E-state index in [9.17, 15) is 9.59 Å². The van der Waals surface area contributed by atoms with Crippen LogP contribution in [0.15, 0.2) is 17.3 Å². The first-order chi connectivity index (χ1) is 13.2. The third-order valence-electron chi connectivity index (χ3n) is 4.57. The van der Waals surface area contributed by atoms with Crippen LogP contribution in [0.4, 0.5) is 5.69 Å². The molecule has 0 bridgehead atoms. The van der Waals surface area contributed by atoms with Gasteiger partial charge in [0.1, 0.15) is 0 Å². The van der Waals surface area contributed by atoms with Crippen LogP contribution >= 0.6 is 11.8 Å². The number of hydrogen-bond acceptors (Lipinski definition) is 5. The predicted octanol–water partition coefficient (Wildman–Crippen LogP) is 3.43. The van der Waals surface area contributed by atoms with Crippen LogP contribution in [0, 0.1) is 34.6 Å². The zero-order valence-electron chi connectivity index (χ0n) is 17.4. The lowest BCUT2D eigenvalue weighted by molar-refractivity contribution is -0.124. The molecule has 0 aliphatic carbocycles. The average Bonchev–Trinajstić information content (AvgIpc) is 2.62. The van der Waals surface area contributed by atoms with Crippen molar-refractivity contribution in [2.24, 2.45) is 0 Å². The zero-order valence-corrected chi connectivity index (χ0v) is 18.2. The molecule has 7 heteroatoms. The molecule has 0 spiro atoms. The van der Waals surface area contributed by atoms with E-state index in [1.54, 1.807) is 0 Å². The predicted molar refractivity (Wildman–Crippen MR) is 114 cm³/mol. The SMILES string of the molecule is CSc1nc(C)c(CCC(=O)NCC(=O)Nc2c(C)cc(C)cc2C)c(C)n1. The van der Waals surface area contributed by atoms with Crippen LogP contribution in [-0.4, -0.2) is 34.6 Å². The van der Waals surface area contributed by atoms with Gasteiger partial charge in [-0.15, -0.1) is 0 Å². The molecule has 1 aromatic heterocycles. The van der Waals surface area contributed by atoms with Crippen LogP contribution in [0.2, 0.25) is 0 Å². The number of anilines is 1. The van der Waals surface area contributed by atoms with Crippen LogP contribution < -0.4 is 10.6 Å². The Morgan fingerprint density at radius 1 is 0.964 bits per heavy atom. The minimum atomic E-state index is -0.233. The van der Waals surface area contributed by atoms with Gasteiger partial charge in [0.2, 0.25) is 11.8 Å². The molecule has 0 fully saturated rings. The van der Waals surface area contributed by atoms with E-state index in [0.29, 0.717) is 12.8 Å². The number of benzene rings is 1. The Morgan fingerprint density at radius 2 is 1.54 bits per heavy atom. The Labute approximate surface area is 170 Å². The first-order valence-electron chi connectivity index (χ1n) is 9.23. The second-order valence-corrected chi connectivity index (χ2v) is 7.73. The highest BCUT2D eigenvalue weighted by Gasteiger charge is 2.12. The van der Waals surface area contributed by atoms with Crippen LogP contribution in [0.5, 0.6) is 0 Å². The summed E-state index contributed by atoms with van der Waals surface area (Å²) in [5.74, 6) is -0.399. The quantitative estimate of drug-likeness (QED) is 0.549.